The van der Waals surface area contributed by atoms with Crippen LogP contribution in [0, 0.1) is 6.92 Å². The second-order valence-electron chi connectivity index (χ2n) is 3.89. The predicted octanol–water partition coefficient (Wildman–Crippen LogP) is 2.03. The summed E-state index contributed by atoms with van der Waals surface area (Å²) in [5.41, 5.74) is 2.54. The normalized spacial score (nSPS) is 15.1. The Morgan fingerprint density at radius 3 is 2.64 bits per heavy atom. The molecule has 78 valence electrons. The molecule has 0 aliphatic carbocycles. The summed E-state index contributed by atoms with van der Waals surface area (Å²) in [4.78, 5) is 0. The highest BCUT2D eigenvalue weighted by atomic mass is 16.3. The summed E-state index contributed by atoms with van der Waals surface area (Å²) < 4.78 is 0. The van der Waals surface area contributed by atoms with Gasteiger partial charge in [0.25, 0.3) is 0 Å². The number of aryl methyl sites for hydroxylation is 1. The van der Waals surface area contributed by atoms with Crippen LogP contribution in [-0.4, -0.2) is 17.8 Å². The first-order chi connectivity index (χ1) is 6.63. The van der Waals surface area contributed by atoms with E-state index in [9.17, 15) is 0 Å². The molecule has 0 spiro atoms. The van der Waals surface area contributed by atoms with Gasteiger partial charge in [0.1, 0.15) is 0 Å². The van der Waals surface area contributed by atoms with Gasteiger partial charge in [-0.25, -0.2) is 0 Å². The molecule has 2 unspecified atom stereocenters. The molecule has 0 aliphatic rings. The number of benzene rings is 1. The summed E-state index contributed by atoms with van der Waals surface area (Å²) in [7, 11) is 0. The Morgan fingerprint density at radius 2 is 2.07 bits per heavy atom. The lowest BCUT2D eigenvalue weighted by molar-refractivity contribution is 0.243. The van der Waals surface area contributed by atoms with Crippen molar-refractivity contribution in [3.63, 3.8) is 0 Å². The van der Waals surface area contributed by atoms with Gasteiger partial charge in [0.2, 0.25) is 0 Å². The molecule has 0 fully saturated rings. The Balaban J connectivity index is 2.64. The van der Waals surface area contributed by atoms with Gasteiger partial charge in [0, 0.05) is 12.1 Å². The largest absolute Gasteiger partial charge is 0.395 e. The fourth-order valence-corrected chi connectivity index (χ4v) is 1.52. The van der Waals surface area contributed by atoms with Gasteiger partial charge < -0.3 is 10.4 Å². The Labute approximate surface area is 86.0 Å². The van der Waals surface area contributed by atoms with Gasteiger partial charge in [0.15, 0.2) is 0 Å². The third-order valence-corrected chi connectivity index (χ3v) is 2.35. The summed E-state index contributed by atoms with van der Waals surface area (Å²) in [6.07, 6.45) is 0. The van der Waals surface area contributed by atoms with Crippen LogP contribution in [0.4, 0.5) is 0 Å². The molecule has 0 aromatic heterocycles. The van der Waals surface area contributed by atoms with Crippen molar-refractivity contribution in [2.24, 2.45) is 0 Å². The monoisotopic (exact) mass is 193 g/mol. The third kappa shape index (κ3) is 3.13. The summed E-state index contributed by atoms with van der Waals surface area (Å²) in [5, 5.41) is 12.2. The first-order valence-corrected chi connectivity index (χ1v) is 5.07. The third-order valence-electron chi connectivity index (χ3n) is 2.35. The van der Waals surface area contributed by atoms with Gasteiger partial charge in [-0.2, -0.15) is 0 Å². The van der Waals surface area contributed by atoms with E-state index in [0.717, 1.165) is 0 Å². The molecule has 2 atom stereocenters. The average molecular weight is 193 g/mol. The lowest BCUT2D eigenvalue weighted by Gasteiger charge is -2.18. The van der Waals surface area contributed by atoms with Gasteiger partial charge in [-0.1, -0.05) is 29.8 Å². The van der Waals surface area contributed by atoms with Crippen LogP contribution in [0.1, 0.15) is 31.0 Å². The Kier molecular flexibility index (Phi) is 4.11. The van der Waals surface area contributed by atoms with Crippen LogP contribution < -0.4 is 5.32 Å². The molecule has 0 amide bonds. The minimum Gasteiger partial charge on any atom is -0.395 e. The molecule has 0 radical (unpaired) electrons. The highest BCUT2D eigenvalue weighted by Gasteiger charge is 2.07. The van der Waals surface area contributed by atoms with E-state index < -0.39 is 0 Å². The second-order valence-corrected chi connectivity index (χ2v) is 3.89. The maximum atomic E-state index is 8.92. The van der Waals surface area contributed by atoms with Crippen molar-refractivity contribution in [1.82, 2.24) is 5.32 Å². The maximum absolute atomic E-state index is 8.92. The summed E-state index contributed by atoms with van der Waals surface area (Å²) in [6, 6.07) is 8.86. The Bertz CT molecular complexity index is 285. The van der Waals surface area contributed by atoms with Crippen molar-refractivity contribution < 1.29 is 5.11 Å². The number of aliphatic hydroxyl groups is 1. The molecule has 0 bridgehead atoms. The van der Waals surface area contributed by atoms with Crippen LogP contribution in [0.15, 0.2) is 24.3 Å². The van der Waals surface area contributed by atoms with Gasteiger partial charge in [0.05, 0.1) is 6.61 Å². The Morgan fingerprint density at radius 1 is 1.36 bits per heavy atom. The molecular weight excluding hydrogens is 174 g/mol. The lowest BCUT2D eigenvalue weighted by Crippen LogP contribution is -2.31. The second kappa shape index (κ2) is 5.13. The molecule has 0 aliphatic heterocycles. The van der Waals surface area contributed by atoms with Crippen molar-refractivity contribution in [3.05, 3.63) is 35.4 Å². The van der Waals surface area contributed by atoms with E-state index in [1.807, 2.05) is 6.92 Å². The zero-order chi connectivity index (χ0) is 10.6. The molecule has 1 aromatic rings. The van der Waals surface area contributed by atoms with Crippen molar-refractivity contribution in [2.75, 3.05) is 6.61 Å². The molecular formula is C12H19NO. The van der Waals surface area contributed by atoms with E-state index in [4.69, 9.17) is 5.11 Å². The molecule has 0 saturated heterocycles. The van der Waals surface area contributed by atoms with Crippen molar-refractivity contribution in [3.8, 4) is 0 Å². The molecule has 0 heterocycles. The minimum atomic E-state index is 0.144. The lowest BCUT2D eigenvalue weighted by atomic mass is 10.1. The molecule has 2 N–H and O–H groups in total. The minimum absolute atomic E-state index is 0.144. The van der Waals surface area contributed by atoms with Crippen molar-refractivity contribution >= 4 is 0 Å². The molecule has 2 nitrogen and oxygen atoms in total. The predicted molar refractivity (Wildman–Crippen MR) is 59.3 cm³/mol. The first-order valence-electron chi connectivity index (χ1n) is 5.07. The van der Waals surface area contributed by atoms with Crippen LogP contribution in [0.3, 0.4) is 0 Å². The summed E-state index contributed by atoms with van der Waals surface area (Å²) >= 11 is 0. The SMILES string of the molecule is Cc1cccc(C(C)NC(C)CO)c1. The van der Waals surface area contributed by atoms with Crippen molar-refractivity contribution in [2.45, 2.75) is 32.9 Å². The Hall–Kier alpha value is -0.860. The van der Waals surface area contributed by atoms with Crippen LogP contribution in [-0.2, 0) is 0 Å². The quantitative estimate of drug-likeness (QED) is 0.767. The van der Waals surface area contributed by atoms with E-state index in [2.05, 4.69) is 43.4 Å². The average Bonchev–Trinajstić information content (AvgIpc) is 2.17. The highest BCUT2D eigenvalue weighted by Crippen LogP contribution is 2.14. The summed E-state index contributed by atoms with van der Waals surface area (Å²) in [6.45, 7) is 6.36. The topological polar surface area (TPSA) is 32.3 Å². The van der Waals surface area contributed by atoms with Gasteiger partial charge in [-0.05, 0) is 26.3 Å². The van der Waals surface area contributed by atoms with Crippen LogP contribution in [0.25, 0.3) is 0 Å². The highest BCUT2D eigenvalue weighted by molar-refractivity contribution is 5.24. The zero-order valence-corrected chi connectivity index (χ0v) is 9.12. The number of hydrogen-bond donors (Lipinski definition) is 2. The van der Waals surface area contributed by atoms with Gasteiger partial charge in [-0.15, -0.1) is 0 Å². The molecule has 1 rings (SSSR count). The van der Waals surface area contributed by atoms with Crippen LogP contribution in [0.2, 0.25) is 0 Å². The fourth-order valence-electron chi connectivity index (χ4n) is 1.52. The first kappa shape index (κ1) is 11.2. The molecule has 1 aromatic carbocycles. The summed E-state index contributed by atoms with van der Waals surface area (Å²) in [5.74, 6) is 0. The van der Waals surface area contributed by atoms with E-state index in [1.54, 1.807) is 0 Å². The van der Waals surface area contributed by atoms with E-state index in [0.29, 0.717) is 0 Å². The fraction of sp³-hybridized carbons (Fsp3) is 0.500. The van der Waals surface area contributed by atoms with Gasteiger partial charge in [-0.3, -0.25) is 0 Å². The number of nitrogens with one attached hydrogen (secondary N) is 1. The van der Waals surface area contributed by atoms with Gasteiger partial charge >= 0.3 is 0 Å². The number of rotatable bonds is 4. The van der Waals surface area contributed by atoms with E-state index >= 15 is 0 Å². The molecule has 2 heteroatoms. The number of aliphatic hydroxyl groups excluding tert-OH is 1. The molecule has 14 heavy (non-hydrogen) atoms. The van der Waals surface area contributed by atoms with E-state index in [-0.39, 0.29) is 18.7 Å². The standard InChI is InChI=1S/C12H19NO/c1-9-5-4-6-12(7-9)11(3)13-10(2)8-14/h4-7,10-11,13-14H,8H2,1-3H3. The smallest absolute Gasteiger partial charge is 0.0582 e. The van der Waals surface area contributed by atoms with Crippen LogP contribution >= 0.6 is 0 Å². The zero-order valence-electron chi connectivity index (χ0n) is 9.12. The number of hydrogen-bond acceptors (Lipinski definition) is 2. The van der Waals surface area contributed by atoms with E-state index in [1.165, 1.54) is 11.1 Å². The molecule has 0 saturated carbocycles. The van der Waals surface area contributed by atoms with Crippen molar-refractivity contribution in [1.29, 1.82) is 0 Å². The van der Waals surface area contributed by atoms with Crippen LogP contribution in [0.5, 0.6) is 0 Å². The maximum Gasteiger partial charge on any atom is 0.0582 e.